The molecule has 0 aliphatic rings. The molecule has 2 rings (SSSR count). The van der Waals surface area contributed by atoms with Crippen molar-refractivity contribution in [2.75, 3.05) is 14.2 Å². The van der Waals surface area contributed by atoms with E-state index in [0.717, 1.165) is 16.6 Å². The Morgan fingerprint density at radius 2 is 1.67 bits per heavy atom. The lowest BCUT2D eigenvalue weighted by Crippen LogP contribution is -2.16. The van der Waals surface area contributed by atoms with Crippen LogP contribution in [0, 0.1) is 11.6 Å². The van der Waals surface area contributed by atoms with Gasteiger partial charge in [0, 0.05) is 27.7 Å². The van der Waals surface area contributed by atoms with Crippen molar-refractivity contribution in [1.82, 2.24) is 0 Å². The molecule has 6 heteroatoms. The number of methoxy groups -OCH3 is 2. The van der Waals surface area contributed by atoms with Gasteiger partial charge in [-0.1, -0.05) is 22.0 Å². The third-order valence-electron chi connectivity index (χ3n) is 3.13. The van der Waals surface area contributed by atoms with E-state index in [4.69, 9.17) is 15.2 Å². The highest BCUT2D eigenvalue weighted by atomic mass is 79.9. The molecule has 0 saturated carbocycles. The predicted octanol–water partition coefficient (Wildman–Crippen LogP) is 3.79. The Kier molecular flexibility index (Phi) is 4.80. The van der Waals surface area contributed by atoms with E-state index < -0.39 is 17.7 Å². The molecule has 0 aliphatic heterocycles. The molecule has 0 radical (unpaired) electrons. The molecule has 0 fully saturated rings. The van der Waals surface area contributed by atoms with Gasteiger partial charge in [-0.05, 0) is 12.1 Å². The molecule has 0 heterocycles. The van der Waals surface area contributed by atoms with Crippen LogP contribution >= 0.6 is 15.9 Å². The first-order valence-electron chi connectivity index (χ1n) is 6.10. The van der Waals surface area contributed by atoms with Gasteiger partial charge >= 0.3 is 0 Å². The summed E-state index contributed by atoms with van der Waals surface area (Å²) in [4.78, 5) is 0. The third kappa shape index (κ3) is 3.16. The van der Waals surface area contributed by atoms with Gasteiger partial charge in [0.15, 0.2) is 0 Å². The van der Waals surface area contributed by atoms with Gasteiger partial charge in [-0.25, -0.2) is 8.78 Å². The average molecular weight is 358 g/mol. The van der Waals surface area contributed by atoms with Crippen molar-refractivity contribution >= 4 is 15.9 Å². The van der Waals surface area contributed by atoms with Crippen molar-refractivity contribution in [2.45, 2.75) is 6.04 Å². The van der Waals surface area contributed by atoms with Crippen LogP contribution in [0.3, 0.4) is 0 Å². The molecule has 1 atom stereocenters. The minimum atomic E-state index is -0.987. The Hall–Kier alpha value is -1.66. The lowest BCUT2D eigenvalue weighted by molar-refractivity contribution is 0.401. The van der Waals surface area contributed by atoms with E-state index in [9.17, 15) is 8.78 Å². The second kappa shape index (κ2) is 6.41. The van der Waals surface area contributed by atoms with Crippen LogP contribution in [-0.4, -0.2) is 14.2 Å². The summed E-state index contributed by atoms with van der Waals surface area (Å²) in [7, 11) is 2.81. The van der Waals surface area contributed by atoms with Crippen LogP contribution in [0.2, 0.25) is 0 Å². The molecule has 0 aromatic heterocycles. The van der Waals surface area contributed by atoms with E-state index in [-0.39, 0.29) is 11.3 Å². The molecule has 0 aliphatic carbocycles. The van der Waals surface area contributed by atoms with Crippen molar-refractivity contribution in [1.29, 1.82) is 0 Å². The highest BCUT2D eigenvalue weighted by Crippen LogP contribution is 2.34. The van der Waals surface area contributed by atoms with E-state index in [2.05, 4.69) is 15.9 Å². The molecule has 0 spiro atoms. The lowest BCUT2D eigenvalue weighted by atomic mass is 9.97. The van der Waals surface area contributed by atoms with E-state index in [1.165, 1.54) is 14.2 Å². The monoisotopic (exact) mass is 357 g/mol. The molecular formula is C15H14BrF2NO2. The van der Waals surface area contributed by atoms with Crippen molar-refractivity contribution in [3.05, 3.63) is 57.6 Å². The number of rotatable bonds is 4. The van der Waals surface area contributed by atoms with Crippen LogP contribution in [0.4, 0.5) is 8.78 Å². The minimum absolute atomic E-state index is 0.101. The summed E-state index contributed by atoms with van der Waals surface area (Å²) >= 11 is 3.30. The summed E-state index contributed by atoms with van der Waals surface area (Å²) in [5.74, 6) is -0.969. The molecule has 0 saturated heterocycles. The van der Waals surface area contributed by atoms with Gasteiger partial charge in [-0.15, -0.1) is 0 Å². The summed E-state index contributed by atoms with van der Waals surface area (Å²) in [6.07, 6.45) is 0. The Labute approximate surface area is 129 Å². The van der Waals surface area contributed by atoms with E-state index in [0.29, 0.717) is 11.3 Å². The van der Waals surface area contributed by atoms with Crippen LogP contribution in [0.15, 0.2) is 34.8 Å². The highest BCUT2D eigenvalue weighted by molar-refractivity contribution is 9.10. The van der Waals surface area contributed by atoms with Gasteiger partial charge in [0.1, 0.15) is 23.1 Å². The average Bonchev–Trinajstić information content (AvgIpc) is 2.45. The number of nitrogens with two attached hydrogens (primary N) is 1. The fraction of sp³-hybridized carbons (Fsp3) is 0.200. The number of benzene rings is 2. The fourth-order valence-electron chi connectivity index (χ4n) is 2.07. The topological polar surface area (TPSA) is 44.5 Å². The Bertz CT molecular complexity index is 641. The summed E-state index contributed by atoms with van der Waals surface area (Å²) < 4.78 is 39.0. The van der Waals surface area contributed by atoms with Crippen LogP contribution in [-0.2, 0) is 0 Å². The second-order valence-corrected chi connectivity index (χ2v) is 5.28. The standard InChI is InChI=1S/C15H14BrF2NO2/c1-20-9-6-11(17)14(12(18)7-9)15(19)10-4-3-8(16)5-13(10)21-2/h3-7,15H,19H2,1-2H3. The predicted molar refractivity (Wildman–Crippen MR) is 79.6 cm³/mol. The van der Waals surface area contributed by atoms with Gasteiger partial charge in [0.05, 0.1) is 20.3 Å². The van der Waals surface area contributed by atoms with Crippen LogP contribution in [0.5, 0.6) is 11.5 Å². The number of hydrogen-bond donors (Lipinski definition) is 1. The van der Waals surface area contributed by atoms with Gasteiger partial charge < -0.3 is 15.2 Å². The van der Waals surface area contributed by atoms with Crippen molar-refractivity contribution in [3.8, 4) is 11.5 Å². The van der Waals surface area contributed by atoms with Crippen molar-refractivity contribution < 1.29 is 18.3 Å². The first-order chi connectivity index (χ1) is 9.97. The molecule has 0 amide bonds. The van der Waals surface area contributed by atoms with Gasteiger partial charge in [-0.3, -0.25) is 0 Å². The molecule has 2 aromatic carbocycles. The highest BCUT2D eigenvalue weighted by Gasteiger charge is 2.22. The quantitative estimate of drug-likeness (QED) is 0.905. The first-order valence-corrected chi connectivity index (χ1v) is 6.89. The Balaban J connectivity index is 2.52. The molecule has 21 heavy (non-hydrogen) atoms. The maximum atomic E-state index is 14.1. The molecule has 2 aromatic rings. The summed E-state index contributed by atoms with van der Waals surface area (Å²) in [6, 6.07) is 6.30. The van der Waals surface area contributed by atoms with Gasteiger partial charge in [-0.2, -0.15) is 0 Å². The van der Waals surface area contributed by atoms with Gasteiger partial charge in [0.25, 0.3) is 0 Å². The number of halogens is 3. The zero-order valence-electron chi connectivity index (χ0n) is 11.5. The van der Waals surface area contributed by atoms with E-state index in [1.807, 2.05) is 0 Å². The zero-order chi connectivity index (χ0) is 15.6. The van der Waals surface area contributed by atoms with E-state index in [1.54, 1.807) is 18.2 Å². The normalized spacial score (nSPS) is 12.1. The van der Waals surface area contributed by atoms with E-state index >= 15 is 0 Å². The lowest BCUT2D eigenvalue weighted by Gasteiger charge is -2.18. The summed E-state index contributed by atoms with van der Waals surface area (Å²) in [5, 5.41) is 0. The zero-order valence-corrected chi connectivity index (χ0v) is 13.1. The van der Waals surface area contributed by atoms with Crippen molar-refractivity contribution in [3.63, 3.8) is 0 Å². The SMILES string of the molecule is COc1cc(F)c(C(N)c2ccc(Br)cc2OC)c(F)c1. The third-order valence-corrected chi connectivity index (χ3v) is 3.62. The number of ether oxygens (including phenoxy) is 2. The largest absolute Gasteiger partial charge is 0.497 e. The van der Waals surface area contributed by atoms with Crippen LogP contribution in [0.1, 0.15) is 17.2 Å². The molecular weight excluding hydrogens is 344 g/mol. The molecule has 112 valence electrons. The summed E-state index contributed by atoms with van der Waals surface area (Å²) in [6.45, 7) is 0. The minimum Gasteiger partial charge on any atom is -0.497 e. The maximum Gasteiger partial charge on any atom is 0.134 e. The van der Waals surface area contributed by atoms with Crippen LogP contribution < -0.4 is 15.2 Å². The Morgan fingerprint density at radius 3 is 2.19 bits per heavy atom. The maximum absolute atomic E-state index is 14.1. The van der Waals surface area contributed by atoms with Crippen LogP contribution in [0.25, 0.3) is 0 Å². The summed E-state index contributed by atoms with van der Waals surface area (Å²) in [5.41, 5.74) is 6.28. The van der Waals surface area contributed by atoms with Crippen molar-refractivity contribution in [2.24, 2.45) is 5.73 Å². The van der Waals surface area contributed by atoms with Gasteiger partial charge in [0.2, 0.25) is 0 Å². The smallest absolute Gasteiger partial charge is 0.134 e. The molecule has 1 unspecified atom stereocenters. The second-order valence-electron chi connectivity index (χ2n) is 4.37. The molecule has 3 nitrogen and oxygen atoms in total. The fourth-order valence-corrected chi connectivity index (χ4v) is 2.41. The Morgan fingerprint density at radius 1 is 1.05 bits per heavy atom. The molecule has 0 bridgehead atoms. The first kappa shape index (κ1) is 15.7. The molecule has 2 N–H and O–H groups in total. The number of hydrogen-bond acceptors (Lipinski definition) is 3.